The minimum atomic E-state index is -3.05. The van der Waals surface area contributed by atoms with Gasteiger partial charge >= 0.3 is 0 Å². The molecule has 1 saturated carbocycles. The fraction of sp³-hybridized carbons (Fsp3) is 0.455. The summed E-state index contributed by atoms with van der Waals surface area (Å²) in [7, 11) is -1.38. The third-order valence-electron chi connectivity index (χ3n) is 6.15. The third kappa shape index (κ3) is 5.19. The van der Waals surface area contributed by atoms with Gasteiger partial charge in [0.05, 0.1) is 16.8 Å². The third-order valence-corrected chi connectivity index (χ3v) is 7.68. The molecule has 0 saturated heterocycles. The van der Waals surface area contributed by atoms with Crippen LogP contribution < -0.4 is 10.6 Å². The number of hydrogen-bond acceptors (Lipinski definition) is 7. The normalized spacial score (nSPS) is 20.8. The number of halogens is 1. The summed E-state index contributed by atoms with van der Waals surface area (Å²) in [6.07, 6.45) is 5.76. The number of nitrogens with zero attached hydrogens (tertiary/aromatic N) is 4. The highest BCUT2D eigenvalue weighted by atomic mass is 79.9. The Morgan fingerprint density at radius 2 is 2.15 bits per heavy atom. The van der Waals surface area contributed by atoms with E-state index in [1.807, 2.05) is 31.2 Å². The van der Waals surface area contributed by atoms with Gasteiger partial charge in [-0.05, 0) is 59.3 Å². The lowest BCUT2D eigenvalue weighted by atomic mass is 9.87. The first-order valence-electron chi connectivity index (χ1n) is 10.7. The average Bonchev–Trinajstić information content (AvgIpc) is 3.32. The molecule has 9 nitrogen and oxygen atoms in total. The summed E-state index contributed by atoms with van der Waals surface area (Å²) >= 11 is 3.49. The zero-order valence-corrected chi connectivity index (χ0v) is 21.2. The number of hydrogen-bond donors (Lipinski definition) is 2. The van der Waals surface area contributed by atoms with Crippen LogP contribution in [0.3, 0.4) is 0 Å². The summed E-state index contributed by atoms with van der Waals surface area (Å²) in [4.78, 5) is 21.4. The van der Waals surface area contributed by atoms with Gasteiger partial charge in [-0.2, -0.15) is 10.1 Å². The van der Waals surface area contributed by atoms with Gasteiger partial charge in [-0.1, -0.05) is 19.1 Å². The van der Waals surface area contributed by atoms with Crippen LogP contribution in [-0.4, -0.2) is 59.2 Å². The zero-order valence-electron chi connectivity index (χ0n) is 18.8. The minimum absolute atomic E-state index is 0.0564. The van der Waals surface area contributed by atoms with Crippen molar-refractivity contribution in [1.29, 1.82) is 0 Å². The van der Waals surface area contributed by atoms with Crippen LogP contribution in [0.2, 0.25) is 0 Å². The molecule has 0 bridgehead atoms. The number of aryl methyl sites for hydroxylation is 1. The molecule has 2 heterocycles. The van der Waals surface area contributed by atoms with Crippen LogP contribution in [0.1, 0.15) is 31.7 Å². The van der Waals surface area contributed by atoms with Crippen LogP contribution in [0.4, 0.5) is 5.95 Å². The summed E-state index contributed by atoms with van der Waals surface area (Å²) in [5, 5.41) is 11.5. The average molecular weight is 535 g/mol. The van der Waals surface area contributed by atoms with Gasteiger partial charge in [-0.3, -0.25) is 4.79 Å². The van der Waals surface area contributed by atoms with E-state index in [9.17, 15) is 13.2 Å². The van der Waals surface area contributed by atoms with Gasteiger partial charge in [-0.15, -0.1) is 0 Å². The molecule has 2 aromatic heterocycles. The van der Waals surface area contributed by atoms with Gasteiger partial charge in [0.25, 0.3) is 0 Å². The van der Waals surface area contributed by atoms with Gasteiger partial charge in [-0.25, -0.2) is 18.1 Å². The SMILES string of the molecule is CNC(=O)[C@]1(C)CC[C@@H](Nc2ncc3c(Br)nn(-c4cccc(CCS(C)(=O)=O)c4)c3n2)C1. The van der Waals surface area contributed by atoms with Gasteiger partial charge < -0.3 is 10.6 Å². The van der Waals surface area contributed by atoms with Crippen LogP contribution in [0.15, 0.2) is 35.1 Å². The second kappa shape index (κ2) is 9.02. The minimum Gasteiger partial charge on any atom is -0.359 e. The number of sulfone groups is 1. The van der Waals surface area contributed by atoms with Crippen LogP contribution in [-0.2, 0) is 21.1 Å². The van der Waals surface area contributed by atoms with Crippen LogP contribution in [0.5, 0.6) is 0 Å². The van der Waals surface area contributed by atoms with Crippen molar-refractivity contribution < 1.29 is 13.2 Å². The van der Waals surface area contributed by atoms with Crippen molar-refractivity contribution in [3.05, 3.63) is 40.6 Å². The molecular weight excluding hydrogens is 508 g/mol. The molecule has 11 heteroatoms. The molecule has 0 radical (unpaired) electrons. The molecule has 1 aromatic carbocycles. The highest BCUT2D eigenvalue weighted by Gasteiger charge is 2.40. The quantitative estimate of drug-likeness (QED) is 0.478. The number of rotatable bonds is 7. The fourth-order valence-electron chi connectivity index (χ4n) is 4.32. The lowest BCUT2D eigenvalue weighted by molar-refractivity contribution is -0.129. The smallest absolute Gasteiger partial charge is 0.225 e. The summed E-state index contributed by atoms with van der Waals surface area (Å²) in [5.41, 5.74) is 1.93. The predicted octanol–water partition coefficient (Wildman–Crippen LogP) is 2.88. The number of amides is 1. The zero-order chi connectivity index (χ0) is 23.8. The van der Waals surface area contributed by atoms with Crippen molar-refractivity contribution in [2.24, 2.45) is 5.41 Å². The molecule has 1 aliphatic rings. The van der Waals surface area contributed by atoms with E-state index in [-0.39, 0.29) is 17.7 Å². The molecular formula is C22H27BrN6O3S. The number of benzene rings is 1. The highest BCUT2D eigenvalue weighted by molar-refractivity contribution is 9.10. The topological polar surface area (TPSA) is 119 Å². The Hall–Kier alpha value is -2.53. The predicted molar refractivity (Wildman–Crippen MR) is 131 cm³/mol. The van der Waals surface area contributed by atoms with Crippen LogP contribution >= 0.6 is 15.9 Å². The Labute approximate surface area is 201 Å². The summed E-state index contributed by atoms with van der Waals surface area (Å²) in [6.45, 7) is 1.99. The fourth-order valence-corrected chi connectivity index (χ4v) is 5.36. The van der Waals surface area contributed by atoms with Gasteiger partial charge in [0.2, 0.25) is 11.9 Å². The van der Waals surface area contributed by atoms with Crippen molar-refractivity contribution >= 4 is 48.7 Å². The van der Waals surface area contributed by atoms with E-state index in [0.29, 0.717) is 29.0 Å². The molecule has 0 aliphatic heterocycles. The molecule has 33 heavy (non-hydrogen) atoms. The van der Waals surface area contributed by atoms with E-state index < -0.39 is 15.3 Å². The number of aromatic nitrogens is 4. The number of nitrogens with one attached hydrogen (secondary N) is 2. The first-order valence-corrected chi connectivity index (χ1v) is 13.6. The number of anilines is 1. The Bertz CT molecular complexity index is 1310. The largest absolute Gasteiger partial charge is 0.359 e. The molecule has 2 N–H and O–H groups in total. The molecule has 2 atom stereocenters. The molecule has 0 spiro atoms. The van der Waals surface area contributed by atoms with Crippen molar-refractivity contribution in [1.82, 2.24) is 25.1 Å². The molecule has 1 fully saturated rings. The van der Waals surface area contributed by atoms with E-state index in [1.165, 1.54) is 6.26 Å². The second-order valence-electron chi connectivity index (χ2n) is 8.91. The van der Waals surface area contributed by atoms with Crippen molar-refractivity contribution in [2.45, 2.75) is 38.6 Å². The molecule has 1 aliphatic carbocycles. The number of carbonyl (C=O) groups is 1. The molecule has 1 amide bonds. The van der Waals surface area contributed by atoms with E-state index in [0.717, 1.165) is 29.5 Å². The maximum absolute atomic E-state index is 12.2. The van der Waals surface area contributed by atoms with Crippen LogP contribution in [0.25, 0.3) is 16.7 Å². The van der Waals surface area contributed by atoms with E-state index in [1.54, 1.807) is 17.9 Å². The maximum atomic E-state index is 12.2. The molecule has 3 aromatic rings. The summed E-state index contributed by atoms with van der Waals surface area (Å²) in [5.74, 6) is 0.628. The van der Waals surface area contributed by atoms with E-state index in [2.05, 4.69) is 36.6 Å². The Balaban J connectivity index is 1.60. The number of fused-ring (bicyclic) bond motifs is 1. The van der Waals surface area contributed by atoms with Crippen molar-refractivity contribution in [3.63, 3.8) is 0 Å². The lowest BCUT2D eigenvalue weighted by Gasteiger charge is -2.22. The van der Waals surface area contributed by atoms with Gasteiger partial charge in [0, 0.05) is 31.0 Å². The first-order chi connectivity index (χ1) is 15.6. The van der Waals surface area contributed by atoms with Gasteiger partial charge in [0.1, 0.15) is 14.4 Å². The molecule has 4 rings (SSSR count). The van der Waals surface area contributed by atoms with Crippen molar-refractivity contribution in [2.75, 3.05) is 24.4 Å². The Morgan fingerprint density at radius 1 is 1.36 bits per heavy atom. The Kier molecular flexibility index (Phi) is 6.45. The van der Waals surface area contributed by atoms with E-state index >= 15 is 0 Å². The lowest BCUT2D eigenvalue weighted by Crippen LogP contribution is -2.35. The molecule has 0 unspecified atom stereocenters. The van der Waals surface area contributed by atoms with Gasteiger partial charge in [0.15, 0.2) is 5.65 Å². The summed E-state index contributed by atoms with van der Waals surface area (Å²) in [6, 6.07) is 7.71. The van der Waals surface area contributed by atoms with Crippen molar-refractivity contribution in [3.8, 4) is 5.69 Å². The highest BCUT2D eigenvalue weighted by Crippen LogP contribution is 2.39. The monoisotopic (exact) mass is 534 g/mol. The van der Waals surface area contributed by atoms with Crippen LogP contribution in [0, 0.1) is 5.41 Å². The molecule has 176 valence electrons. The Morgan fingerprint density at radius 3 is 2.88 bits per heavy atom. The van der Waals surface area contributed by atoms with E-state index in [4.69, 9.17) is 4.98 Å². The first kappa shape index (κ1) is 23.6. The number of carbonyl (C=O) groups excluding carboxylic acids is 1. The summed E-state index contributed by atoms with van der Waals surface area (Å²) < 4.78 is 25.4. The maximum Gasteiger partial charge on any atom is 0.225 e. The second-order valence-corrected chi connectivity index (χ2v) is 11.9. The standard InChI is InChI=1S/C22H27BrN6O3S/c1-22(20(30)24-2)9-7-15(12-22)26-21-25-13-17-18(23)28-29(19(17)27-21)16-6-4-5-14(11-16)8-10-33(3,31)32/h4-6,11,13,15H,7-10,12H2,1-3H3,(H,24,30)(H,25,26,27)/t15-,22-/m1/s1.